The Morgan fingerprint density at radius 3 is 2.82 bits per heavy atom. The SMILES string of the molecule is Cc1nn(-c2ccc(F)cc2)c2nc(N3CCC[C@H](C(=O)NCc4ccccc4Cl)C3)sc12. The van der Waals surface area contributed by atoms with E-state index < -0.39 is 0 Å². The number of hydrogen-bond donors (Lipinski definition) is 1. The van der Waals surface area contributed by atoms with Crippen molar-refractivity contribution in [3.63, 3.8) is 0 Å². The molecule has 1 saturated heterocycles. The standard InChI is InChI=1S/C24H23ClFN5OS/c1-15-21-22(31(29-15)19-10-8-18(26)9-11-19)28-24(33-21)30-12-4-6-17(14-30)23(32)27-13-16-5-2-3-7-20(16)25/h2-3,5,7-11,17H,4,6,12-14H2,1H3,(H,27,32)/t17-/m0/s1. The van der Waals surface area contributed by atoms with E-state index in [4.69, 9.17) is 16.6 Å². The summed E-state index contributed by atoms with van der Waals surface area (Å²) in [6.07, 6.45) is 1.77. The van der Waals surface area contributed by atoms with Crippen molar-refractivity contribution < 1.29 is 9.18 Å². The van der Waals surface area contributed by atoms with Crippen LogP contribution >= 0.6 is 22.9 Å². The summed E-state index contributed by atoms with van der Waals surface area (Å²) in [6, 6.07) is 13.8. The summed E-state index contributed by atoms with van der Waals surface area (Å²) >= 11 is 7.79. The van der Waals surface area contributed by atoms with E-state index in [0.29, 0.717) is 18.1 Å². The van der Waals surface area contributed by atoms with Gasteiger partial charge in [-0.15, -0.1) is 0 Å². The number of aryl methyl sites for hydroxylation is 1. The molecule has 1 aliphatic rings. The maximum atomic E-state index is 13.4. The van der Waals surface area contributed by atoms with Gasteiger partial charge in [0, 0.05) is 24.7 Å². The first-order valence-electron chi connectivity index (χ1n) is 10.9. The average molecular weight is 484 g/mol. The lowest BCUT2D eigenvalue weighted by Gasteiger charge is -2.31. The van der Waals surface area contributed by atoms with E-state index in [2.05, 4.69) is 15.3 Å². The van der Waals surface area contributed by atoms with Crippen LogP contribution in [0.15, 0.2) is 48.5 Å². The van der Waals surface area contributed by atoms with Gasteiger partial charge in [-0.25, -0.2) is 9.07 Å². The second-order valence-corrected chi connectivity index (χ2v) is 9.60. The van der Waals surface area contributed by atoms with Gasteiger partial charge in [-0.3, -0.25) is 4.79 Å². The molecule has 0 aliphatic carbocycles. The van der Waals surface area contributed by atoms with Gasteiger partial charge in [-0.05, 0) is 55.7 Å². The van der Waals surface area contributed by atoms with Crippen LogP contribution < -0.4 is 10.2 Å². The molecule has 4 aromatic rings. The molecule has 0 unspecified atom stereocenters. The van der Waals surface area contributed by atoms with Crippen LogP contribution in [0, 0.1) is 18.7 Å². The van der Waals surface area contributed by atoms with Gasteiger partial charge >= 0.3 is 0 Å². The van der Waals surface area contributed by atoms with Crippen molar-refractivity contribution in [2.75, 3.05) is 18.0 Å². The minimum atomic E-state index is -0.287. The Morgan fingerprint density at radius 2 is 2.03 bits per heavy atom. The fourth-order valence-electron chi connectivity index (χ4n) is 4.15. The third-order valence-electron chi connectivity index (χ3n) is 5.92. The Labute approximate surface area is 200 Å². The van der Waals surface area contributed by atoms with Crippen LogP contribution in [0.4, 0.5) is 9.52 Å². The van der Waals surface area contributed by atoms with Crippen molar-refractivity contribution in [3.8, 4) is 5.69 Å². The zero-order valence-corrected chi connectivity index (χ0v) is 19.7. The topological polar surface area (TPSA) is 63.1 Å². The van der Waals surface area contributed by atoms with E-state index in [9.17, 15) is 9.18 Å². The van der Waals surface area contributed by atoms with Crippen LogP contribution in [0.2, 0.25) is 5.02 Å². The average Bonchev–Trinajstić information content (AvgIpc) is 3.40. The number of nitrogens with one attached hydrogen (secondary N) is 1. The minimum Gasteiger partial charge on any atom is -0.352 e. The molecular formula is C24H23ClFN5OS. The van der Waals surface area contributed by atoms with Crippen molar-refractivity contribution in [1.29, 1.82) is 0 Å². The summed E-state index contributed by atoms with van der Waals surface area (Å²) in [5, 5.41) is 9.16. The summed E-state index contributed by atoms with van der Waals surface area (Å²) in [6.45, 7) is 3.84. The molecule has 170 valence electrons. The number of amides is 1. The molecule has 2 aromatic carbocycles. The molecule has 6 nitrogen and oxygen atoms in total. The summed E-state index contributed by atoms with van der Waals surface area (Å²) < 4.78 is 16.1. The Hall–Kier alpha value is -2.97. The van der Waals surface area contributed by atoms with Gasteiger partial charge in [0.1, 0.15) is 5.82 Å². The van der Waals surface area contributed by atoms with Crippen molar-refractivity contribution in [2.24, 2.45) is 5.92 Å². The zero-order valence-electron chi connectivity index (χ0n) is 18.1. The van der Waals surface area contributed by atoms with Gasteiger partial charge in [-0.1, -0.05) is 41.1 Å². The number of benzene rings is 2. The molecule has 1 N–H and O–H groups in total. The third kappa shape index (κ3) is 4.45. The number of rotatable bonds is 5. The lowest BCUT2D eigenvalue weighted by atomic mass is 9.97. The fourth-order valence-corrected chi connectivity index (χ4v) is 5.38. The third-order valence-corrected chi connectivity index (χ3v) is 7.50. The largest absolute Gasteiger partial charge is 0.352 e. The monoisotopic (exact) mass is 483 g/mol. The van der Waals surface area contributed by atoms with Gasteiger partial charge < -0.3 is 10.2 Å². The predicted molar refractivity (Wildman–Crippen MR) is 130 cm³/mol. The maximum Gasteiger partial charge on any atom is 0.225 e. The molecule has 1 atom stereocenters. The number of anilines is 1. The molecule has 33 heavy (non-hydrogen) atoms. The first-order valence-corrected chi connectivity index (χ1v) is 12.1. The minimum absolute atomic E-state index is 0.0365. The highest BCUT2D eigenvalue weighted by atomic mass is 35.5. The van der Waals surface area contributed by atoms with Crippen molar-refractivity contribution in [1.82, 2.24) is 20.1 Å². The quantitative estimate of drug-likeness (QED) is 0.428. The van der Waals surface area contributed by atoms with E-state index >= 15 is 0 Å². The lowest BCUT2D eigenvalue weighted by Crippen LogP contribution is -2.43. The number of thiazole rings is 1. The molecular weight excluding hydrogens is 461 g/mol. The highest BCUT2D eigenvalue weighted by molar-refractivity contribution is 7.22. The Kier molecular flexibility index (Phi) is 6.03. The first kappa shape index (κ1) is 21.9. The van der Waals surface area contributed by atoms with Crippen LogP contribution in [0.3, 0.4) is 0 Å². The molecule has 1 amide bonds. The van der Waals surface area contributed by atoms with Crippen molar-refractivity contribution in [2.45, 2.75) is 26.3 Å². The molecule has 1 aliphatic heterocycles. The highest BCUT2D eigenvalue weighted by Crippen LogP contribution is 2.34. The molecule has 0 bridgehead atoms. The number of carbonyl (C=O) groups is 1. The summed E-state index contributed by atoms with van der Waals surface area (Å²) in [5.41, 5.74) is 3.31. The Morgan fingerprint density at radius 1 is 1.24 bits per heavy atom. The number of halogens is 2. The smallest absolute Gasteiger partial charge is 0.225 e. The van der Waals surface area contributed by atoms with Gasteiger partial charge in [0.25, 0.3) is 0 Å². The van der Waals surface area contributed by atoms with Crippen molar-refractivity contribution in [3.05, 3.63) is 70.6 Å². The number of hydrogen-bond acceptors (Lipinski definition) is 5. The summed E-state index contributed by atoms with van der Waals surface area (Å²) in [4.78, 5) is 19.9. The fraction of sp³-hybridized carbons (Fsp3) is 0.292. The van der Waals surface area contributed by atoms with Gasteiger partial charge in [-0.2, -0.15) is 10.1 Å². The summed E-state index contributed by atoms with van der Waals surface area (Å²) in [5.74, 6) is -0.359. The van der Waals surface area contributed by atoms with Crippen LogP contribution in [0.25, 0.3) is 16.0 Å². The number of fused-ring (bicyclic) bond motifs is 1. The zero-order chi connectivity index (χ0) is 22.9. The molecule has 1 fully saturated rings. The Bertz CT molecular complexity index is 1300. The number of carbonyl (C=O) groups excluding carboxylic acids is 1. The van der Waals surface area contributed by atoms with Crippen LogP contribution in [-0.2, 0) is 11.3 Å². The normalized spacial score (nSPS) is 16.3. The van der Waals surface area contributed by atoms with Crippen LogP contribution in [0.5, 0.6) is 0 Å². The van der Waals surface area contributed by atoms with E-state index in [0.717, 1.165) is 51.8 Å². The van der Waals surface area contributed by atoms with E-state index in [1.54, 1.807) is 28.2 Å². The lowest BCUT2D eigenvalue weighted by molar-refractivity contribution is -0.125. The second-order valence-electron chi connectivity index (χ2n) is 8.22. The highest BCUT2D eigenvalue weighted by Gasteiger charge is 2.28. The van der Waals surface area contributed by atoms with E-state index in [1.807, 2.05) is 31.2 Å². The number of aromatic nitrogens is 3. The molecule has 9 heteroatoms. The van der Waals surface area contributed by atoms with Crippen LogP contribution in [0.1, 0.15) is 24.1 Å². The molecule has 2 aromatic heterocycles. The second kappa shape index (κ2) is 9.11. The van der Waals surface area contributed by atoms with Gasteiger partial charge in [0.2, 0.25) is 5.91 Å². The molecule has 0 saturated carbocycles. The molecule has 0 spiro atoms. The maximum absolute atomic E-state index is 13.4. The molecule has 3 heterocycles. The van der Waals surface area contributed by atoms with E-state index in [1.165, 1.54) is 12.1 Å². The van der Waals surface area contributed by atoms with Gasteiger partial charge in [0.05, 0.1) is 22.0 Å². The summed E-state index contributed by atoms with van der Waals surface area (Å²) in [7, 11) is 0. The molecule has 0 radical (unpaired) electrons. The van der Waals surface area contributed by atoms with E-state index in [-0.39, 0.29) is 17.6 Å². The predicted octanol–water partition coefficient (Wildman–Crippen LogP) is 5.12. The van der Waals surface area contributed by atoms with Gasteiger partial charge in [0.15, 0.2) is 10.8 Å². The van der Waals surface area contributed by atoms with Crippen LogP contribution in [-0.4, -0.2) is 33.8 Å². The number of nitrogens with zero attached hydrogens (tertiary/aromatic N) is 4. The Balaban J connectivity index is 1.32. The first-order chi connectivity index (χ1) is 16.0. The molecule has 5 rings (SSSR count). The number of piperidine rings is 1. The van der Waals surface area contributed by atoms with Crippen molar-refractivity contribution >= 4 is 44.3 Å².